The third-order valence-electron chi connectivity index (χ3n) is 3.25. The monoisotopic (exact) mass is 320 g/mol. The average molecular weight is 320 g/mol. The van der Waals surface area contributed by atoms with Crippen molar-refractivity contribution >= 4 is 15.7 Å². The summed E-state index contributed by atoms with van der Waals surface area (Å²) in [6, 6.07) is 2.37. The number of halogens is 1. The van der Waals surface area contributed by atoms with E-state index in [4.69, 9.17) is 5.11 Å². The molecule has 0 heterocycles. The van der Waals surface area contributed by atoms with Crippen LogP contribution < -0.4 is 4.72 Å². The number of benzene rings is 1. The van der Waals surface area contributed by atoms with Crippen molar-refractivity contribution in [3.8, 4) is 0 Å². The second-order valence-corrected chi connectivity index (χ2v) is 6.55. The van der Waals surface area contributed by atoms with Gasteiger partial charge in [-0.25, -0.2) is 13.1 Å². The predicted octanol–water partition coefficient (Wildman–Crippen LogP) is 1.56. The highest BCUT2D eigenvalue weighted by molar-refractivity contribution is 7.89. The molecule has 1 unspecified atom stereocenters. The van der Waals surface area contributed by atoms with Gasteiger partial charge in [0.05, 0.1) is 9.82 Å². The quantitative estimate of drug-likeness (QED) is 0.585. The SMILES string of the molecule is CCC(C)(CCO)NS(=O)(=O)c1ccc(F)c([N+](=O)[O-])c1. The molecule has 0 saturated carbocycles. The second kappa shape index (κ2) is 6.46. The van der Waals surface area contributed by atoms with Crippen LogP contribution in [-0.4, -0.2) is 30.6 Å². The van der Waals surface area contributed by atoms with Crippen molar-refractivity contribution < 1.29 is 22.8 Å². The van der Waals surface area contributed by atoms with Gasteiger partial charge in [-0.2, -0.15) is 4.39 Å². The Labute approximate surface area is 122 Å². The Hall–Kier alpha value is -1.58. The summed E-state index contributed by atoms with van der Waals surface area (Å²) in [5.74, 6) is -1.10. The lowest BCUT2D eigenvalue weighted by Crippen LogP contribution is -2.46. The number of sulfonamides is 1. The molecule has 1 aromatic carbocycles. The summed E-state index contributed by atoms with van der Waals surface area (Å²) in [4.78, 5) is 9.28. The van der Waals surface area contributed by atoms with Gasteiger partial charge in [-0.1, -0.05) is 6.92 Å². The lowest BCUT2D eigenvalue weighted by atomic mass is 9.97. The van der Waals surface area contributed by atoms with E-state index in [9.17, 15) is 22.9 Å². The summed E-state index contributed by atoms with van der Waals surface area (Å²) in [6.45, 7) is 3.14. The number of nitro groups is 1. The smallest absolute Gasteiger partial charge is 0.306 e. The fraction of sp³-hybridized carbons (Fsp3) is 0.500. The van der Waals surface area contributed by atoms with Crippen molar-refractivity contribution in [2.24, 2.45) is 0 Å². The molecule has 0 fully saturated rings. The van der Waals surface area contributed by atoms with Crippen LogP contribution in [0.5, 0.6) is 0 Å². The minimum absolute atomic E-state index is 0.187. The van der Waals surface area contributed by atoms with E-state index in [0.717, 1.165) is 12.1 Å². The molecular weight excluding hydrogens is 303 g/mol. The maximum atomic E-state index is 13.2. The van der Waals surface area contributed by atoms with Crippen LogP contribution in [0, 0.1) is 15.9 Å². The number of rotatable bonds is 7. The van der Waals surface area contributed by atoms with E-state index in [-0.39, 0.29) is 13.0 Å². The van der Waals surface area contributed by atoms with Crippen LogP contribution in [0.2, 0.25) is 0 Å². The van der Waals surface area contributed by atoms with E-state index in [2.05, 4.69) is 4.72 Å². The normalized spacial score (nSPS) is 14.7. The molecule has 1 rings (SSSR count). The number of nitrogens with zero attached hydrogens (tertiary/aromatic N) is 1. The maximum Gasteiger partial charge on any atom is 0.306 e. The van der Waals surface area contributed by atoms with Gasteiger partial charge < -0.3 is 5.11 Å². The maximum absolute atomic E-state index is 13.2. The molecule has 0 amide bonds. The van der Waals surface area contributed by atoms with Gasteiger partial charge in [-0.3, -0.25) is 10.1 Å². The molecule has 0 aliphatic rings. The van der Waals surface area contributed by atoms with E-state index in [1.807, 2.05) is 0 Å². The number of nitrogens with one attached hydrogen (secondary N) is 1. The van der Waals surface area contributed by atoms with Crippen LogP contribution in [0.4, 0.5) is 10.1 Å². The number of hydrogen-bond acceptors (Lipinski definition) is 5. The van der Waals surface area contributed by atoms with Crippen LogP contribution in [0.3, 0.4) is 0 Å². The van der Waals surface area contributed by atoms with Crippen molar-refractivity contribution in [2.75, 3.05) is 6.61 Å². The number of hydrogen-bond donors (Lipinski definition) is 2. The van der Waals surface area contributed by atoms with E-state index >= 15 is 0 Å². The fourth-order valence-electron chi connectivity index (χ4n) is 1.73. The summed E-state index contributed by atoms with van der Waals surface area (Å²) in [7, 11) is -4.06. The van der Waals surface area contributed by atoms with E-state index < -0.39 is 36.9 Å². The molecule has 9 heteroatoms. The van der Waals surface area contributed by atoms with E-state index in [0.29, 0.717) is 12.5 Å². The highest BCUT2D eigenvalue weighted by atomic mass is 32.2. The molecule has 0 aromatic heterocycles. The summed E-state index contributed by atoms with van der Waals surface area (Å²) >= 11 is 0. The van der Waals surface area contributed by atoms with Gasteiger partial charge in [0.1, 0.15) is 0 Å². The van der Waals surface area contributed by atoms with Gasteiger partial charge in [0.15, 0.2) is 0 Å². The van der Waals surface area contributed by atoms with Crippen molar-refractivity contribution in [3.63, 3.8) is 0 Å². The van der Waals surface area contributed by atoms with Crippen molar-refractivity contribution in [1.82, 2.24) is 4.72 Å². The van der Waals surface area contributed by atoms with Crippen LogP contribution in [0.1, 0.15) is 26.7 Å². The Morgan fingerprint density at radius 1 is 1.48 bits per heavy atom. The van der Waals surface area contributed by atoms with Gasteiger partial charge in [0, 0.05) is 18.2 Å². The first-order valence-electron chi connectivity index (χ1n) is 6.24. The second-order valence-electron chi connectivity index (χ2n) is 4.86. The average Bonchev–Trinajstić information content (AvgIpc) is 2.38. The van der Waals surface area contributed by atoms with Gasteiger partial charge in [0.2, 0.25) is 15.8 Å². The predicted molar refractivity (Wildman–Crippen MR) is 73.8 cm³/mol. The third-order valence-corrected chi connectivity index (χ3v) is 4.89. The fourth-order valence-corrected chi connectivity index (χ4v) is 3.26. The first-order chi connectivity index (χ1) is 9.65. The molecular formula is C12H17FN2O5S. The van der Waals surface area contributed by atoms with Gasteiger partial charge in [-0.15, -0.1) is 0 Å². The number of aliphatic hydroxyl groups is 1. The highest BCUT2D eigenvalue weighted by Crippen LogP contribution is 2.24. The minimum atomic E-state index is -4.06. The van der Waals surface area contributed by atoms with E-state index in [1.54, 1.807) is 13.8 Å². The molecule has 118 valence electrons. The summed E-state index contributed by atoms with van der Waals surface area (Å²) in [6.07, 6.45) is 0.599. The number of nitro benzene ring substituents is 1. The molecule has 2 N–H and O–H groups in total. The van der Waals surface area contributed by atoms with Crippen LogP contribution in [-0.2, 0) is 10.0 Å². The van der Waals surface area contributed by atoms with Crippen LogP contribution >= 0.6 is 0 Å². The van der Waals surface area contributed by atoms with E-state index in [1.165, 1.54) is 0 Å². The minimum Gasteiger partial charge on any atom is -0.396 e. The van der Waals surface area contributed by atoms with Crippen LogP contribution in [0.15, 0.2) is 23.1 Å². The zero-order valence-electron chi connectivity index (χ0n) is 11.7. The molecule has 0 aliphatic carbocycles. The molecule has 0 spiro atoms. The van der Waals surface area contributed by atoms with Crippen molar-refractivity contribution in [2.45, 2.75) is 37.1 Å². The Morgan fingerprint density at radius 2 is 2.10 bits per heavy atom. The molecule has 1 aromatic rings. The summed E-state index contributed by atoms with van der Waals surface area (Å²) in [5, 5.41) is 19.6. The Bertz CT molecular complexity index is 635. The molecule has 0 saturated heterocycles. The lowest BCUT2D eigenvalue weighted by Gasteiger charge is -2.28. The molecule has 0 radical (unpaired) electrons. The van der Waals surface area contributed by atoms with Gasteiger partial charge in [0.25, 0.3) is 0 Å². The van der Waals surface area contributed by atoms with Crippen molar-refractivity contribution in [1.29, 1.82) is 0 Å². The van der Waals surface area contributed by atoms with Crippen molar-refractivity contribution in [3.05, 3.63) is 34.1 Å². The summed E-state index contributed by atoms with van der Waals surface area (Å²) in [5.41, 5.74) is -1.80. The zero-order valence-corrected chi connectivity index (χ0v) is 12.5. The standard InChI is InChI=1S/C12H17FN2O5S/c1-3-12(2,6-7-16)14-21(19,20)9-4-5-10(13)11(8-9)15(17)18/h4-5,8,14,16H,3,6-7H2,1-2H3. The molecule has 0 bridgehead atoms. The van der Waals surface area contributed by atoms with Gasteiger partial charge >= 0.3 is 5.69 Å². The topological polar surface area (TPSA) is 110 Å². The molecule has 21 heavy (non-hydrogen) atoms. The van der Waals surface area contributed by atoms with Gasteiger partial charge in [-0.05, 0) is 31.9 Å². The Morgan fingerprint density at radius 3 is 2.57 bits per heavy atom. The first-order valence-corrected chi connectivity index (χ1v) is 7.72. The zero-order chi connectivity index (χ0) is 16.3. The Kier molecular flexibility index (Phi) is 5.37. The largest absolute Gasteiger partial charge is 0.396 e. The molecule has 7 nitrogen and oxygen atoms in total. The summed E-state index contributed by atoms with van der Waals surface area (Å²) < 4.78 is 40.1. The lowest BCUT2D eigenvalue weighted by molar-refractivity contribution is -0.387. The first kappa shape index (κ1) is 17.5. The van der Waals surface area contributed by atoms with Crippen LogP contribution in [0.25, 0.3) is 0 Å². The third kappa shape index (κ3) is 4.19. The highest BCUT2D eigenvalue weighted by Gasteiger charge is 2.30. The Balaban J connectivity index is 3.20. The number of aliphatic hydroxyl groups excluding tert-OH is 1. The molecule has 1 atom stereocenters. The molecule has 0 aliphatic heterocycles.